The number of hydrogen-bond acceptors (Lipinski definition) is 3. The second-order valence-electron chi connectivity index (χ2n) is 6.63. The van der Waals surface area contributed by atoms with Crippen LogP contribution in [0.1, 0.15) is 40.2 Å². The first-order valence-electron chi connectivity index (χ1n) is 8.37. The molecule has 0 saturated carbocycles. The van der Waals surface area contributed by atoms with Gasteiger partial charge in [0.1, 0.15) is 0 Å². The highest BCUT2D eigenvalue weighted by molar-refractivity contribution is 5.94. The molecular formula is C18H22N4O. The molecule has 23 heavy (non-hydrogen) atoms. The van der Waals surface area contributed by atoms with E-state index in [0.29, 0.717) is 12.2 Å². The lowest BCUT2D eigenvalue weighted by atomic mass is 10.1. The van der Waals surface area contributed by atoms with Gasteiger partial charge in [-0.1, -0.05) is 18.2 Å². The Balaban J connectivity index is 1.76. The topological polar surface area (TPSA) is 64.2 Å². The monoisotopic (exact) mass is 310 g/mol. The van der Waals surface area contributed by atoms with E-state index in [1.165, 1.54) is 11.3 Å². The van der Waals surface area contributed by atoms with Gasteiger partial charge in [0.05, 0.1) is 5.69 Å². The molecule has 1 aromatic heterocycles. The average Bonchev–Trinajstić information content (AvgIpc) is 3.23. The van der Waals surface area contributed by atoms with Crippen LogP contribution in [0, 0.1) is 6.92 Å². The van der Waals surface area contributed by atoms with Gasteiger partial charge in [0, 0.05) is 30.4 Å². The van der Waals surface area contributed by atoms with E-state index in [0.717, 1.165) is 43.5 Å². The van der Waals surface area contributed by atoms with Crippen molar-refractivity contribution in [2.75, 3.05) is 13.1 Å². The summed E-state index contributed by atoms with van der Waals surface area (Å²) in [6, 6.07) is 8.30. The fourth-order valence-electron chi connectivity index (χ4n) is 3.73. The summed E-state index contributed by atoms with van der Waals surface area (Å²) in [6.07, 6.45) is 3.91. The fraction of sp³-hybridized carbons (Fsp3) is 0.444. The molecule has 0 radical (unpaired) electrons. The molecule has 1 fully saturated rings. The standard InChI is InChI=1S/C18H22N4O/c1-12-5-2-3-7-15(12)22-16-8-4-6-14(16)17(20-22)18(23)21-10-9-13(19)11-21/h2-3,5,7,13H,4,6,8-11,19H2,1H3/t13-/m1/s1. The highest BCUT2D eigenvalue weighted by Gasteiger charge is 2.32. The number of aromatic nitrogens is 2. The third-order valence-corrected chi connectivity index (χ3v) is 4.99. The molecule has 120 valence electrons. The quantitative estimate of drug-likeness (QED) is 0.920. The third kappa shape index (κ3) is 2.36. The van der Waals surface area contributed by atoms with E-state index in [9.17, 15) is 4.79 Å². The minimum atomic E-state index is 0.0448. The second kappa shape index (κ2) is 5.49. The molecule has 2 aliphatic rings. The summed E-state index contributed by atoms with van der Waals surface area (Å²) in [7, 11) is 0. The Labute approximate surface area is 136 Å². The number of rotatable bonds is 2. The summed E-state index contributed by atoms with van der Waals surface area (Å²) in [5, 5.41) is 4.72. The zero-order valence-electron chi connectivity index (χ0n) is 13.5. The van der Waals surface area contributed by atoms with Crippen molar-refractivity contribution < 1.29 is 4.79 Å². The van der Waals surface area contributed by atoms with Gasteiger partial charge in [0.2, 0.25) is 0 Å². The summed E-state index contributed by atoms with van der Waals surface area (Å²) in [5.41, 5.74) is 11.2. The lowest BCUT2D eigenvalue weighted by molar-refractivity contribution is 0.0783. The number of hydrogen-bond donors (Lipinski definition) is 1. The second-order valence-corrected chi connectivity index (χ2v) is 6.63. The van der Waals surface area contributed by atoms with Crippen molar-refractivity contribution in [2.45, 2.75) is 38.6 Å². The van der Waals surface area contributed by atoms with Crippen molar-refractivity contribution in [3.05, 3.63) is 46.8 Å². The van der Waals surface area contributed by atoms with Gasteiger partial charge in [-0.05, 0) is 44.2 Å². The van der Waals surface area contributed by atoms with E-state index in [4.69, 9.17) is 10.8 Å². The first-order chi connectivity index (χ1) is 11.1. The van der Waals surface area contributed by atoms with Crippen LogP contribution >= 0.6 is 0 Å². The Bertz CT molecular complexity index is 764. The van der Waals surface area contributed by atoms with E-state index < -0.39 is 0 Å². The first kappa shape index (κ1) is 14.5. The molecule has 1 aliphatic heterocycles. The maximum absolute atomic E-state index is 12.9. The van der Waals surface area contributed by atoms with Crippen LogP contribution < -0.4 is 5.73 Å². The SMILES string of the molecule is Cc1ccccc1-n1nc(C(=O)N2CC[C@@H](N)C2)c2c1CCC2. The predicted octanol–water partition coefficient (Wildman–Crippen LogP) is 1.84. The zero-order chi connectivity index (χ0) is 16.0. The highest BCUT2D eigenvalue weighted by atomic mass is 16.2. The van der Waals surface area contributed by atoms with Gasteiger partial charge in [0.15, 0.2) is 5.69 Å². The molecule has 2 heterocycles. The van der Waals surface area contributed by atoms with Gasteiger partial charge < -0.3 is 10.6 Å². The van der Waals surface area contributed by atoms with E-state index in [1.807, 2.05) is 21.7 Å². The van der Waals surface area contributed by atoms with Crippen LogP contribution in [-0.4, -0.2) is 39.7 Å². The summed E-state index contributed by atoms with van der Waals surface area (Å²) < 4.78 is 1.99. The molecule has 1 amide bonds. The molecule has 1 atom stereocenters. The maximum atomic E-state index is 12.9. The van der Waals surface area contributed by atoms with Crippen LogP contribution in [0.5, 0.6) is 0 Å². The van der Waals surface area contributed by atoms with Gasteiger partial charge >= 0.3 is 0 Å². The molecule has 5 nitrogen and oxygen atoms in total. The van der Waals surface area contributed by atoms with E-state index in [1.54, 1.807) is 0 Å². The highest BCUT2D eigenvalue weighted by Crippen LogP contribution is 2.30. The van der Waals surface area contributed by atoms with E-state index >= 15 is 0 Å². The molecule has 1 aliphatic carbocycles. The van der Waals surface area contributed by atoms with Crippen LogP contribution in [0.3, 0.4) is 0 Å². The largest absolute Gasteiger partial charge is 0.336 e. The number of aryl methyl sites for hydroxylation is 1. The van der Waals surface area contributed by atoms with Crippen molar-refractivity contribution in [1.82, 2.24) is 14.7 Å². The average molecular weight is 310 g/mol. The van der Waals surface area contributed by atoms with Crippen molar-refractivity contribution in [1.29, 1.82) is 0 Å². The minimum Gasteiger partial charge on any atom is -0.336 e. The molecule has 2 aromatic rings. The van der Waals surface area contributed by atoms with Gasteiger partial charge in [-0.2, -0.15) is 5.10 Å². The van der Waals surface area contributed by atoms with Crippen LogP contribution in [-0.2, 0) is 12.8 Å². The number of fused-ring (bicyclic) bond motifs is 1. The fourth-order valence-corrected chi connectivity index (χ4v) is 3.73. The molecule has 0 bridgehead atoms. The number of carbonyl (C=O) groups excluding carboxylic acids is 1. The van der Waals surface area contributed by atoms with Gasteiger partial charge in [-0.25, -0.2) is 4.68 Å². The number of benzene rings is 1. The number of nitrogens with zero attached hydrogens (tertiary/aromatic N) is 3. The Morgan fingerprint density at radius 1 is 1.30 bits per heavy atom. The maximum Gasteiger partial charge on any atom is 0.274 e. The molecule has 1 aromatic carbocycles. The normalized spacial score (nSPS) is 20.1. The smallest absolute Gasteiger partial charge is 0.274 e. The zero-order valence-corrected chi connectivity index (χ0v) is 13.5. The van der Waals surface area contributed by atoms with Crippen LogP contribution in [0.15, 0.2) is 24.3 Å². The Morgan fingerprint density at radius 3 is 2.87 bits per heavy atom. The summed E-state index contributed by atoms with van der Waals surface area (Å²) >= 11 is 0. The summed E-state index contributed by atoms with van der Waals surface area (Å²) in [4.78, 5) is 14.7. The lowest BCUT2D eigenvalue weighted by Crippen LogP contribution is -2.32. The first-order valence-corrected chi connectivity index (χ1v) is 8.37. The van der Waals surface area contributed by atoms with Gasteiger partial charge in [-0.15, -0.1) is 0 Å². The van der Waals surface area contributed by atoms with Crippen molar-refractivity contribution >= 4 is 5.91 Å². The lowest BCUT2D eigenvalue weighted by Gasteiger charge is -2.14. The van der Waals surface area contributed by atoms with Gasteiger partial charge in [0.25, 0.3) is 5.91 Å². The molecule has 0 spiro atoms. The molecule has 0 unspecified atom stereocenters. The summed E-state index contributed by atoms with van der Waals surface area (Å²) in [5.74, 6) is 0.0448. The number of likely N-dealkylation sites (tertiary alicyclic amines) is 1. The molecule has 4 rings (SSSR count). The Hall–Kier alpha value is -2.14. The van der Waals surface area contributed by atoms with E-state index in [2.05, 4.69) is 19.1 Å². The number of para-hydroxylation sites is 1. The summed E-state index contributed by atoms with van der Waals surface area (Å²) in [6.45, 7) is 3.47. The molecule has 2 N–H and O–H groups in total. The van der Waals surface area contributed by atoms with Crippen LogP contribution in [0.25, 0.3) is 5.69 Å². The Kier molecular flexibility index (Phi) is 3.45. The van der Waals surface area contributed by atoms with Crippen LogP contribution in [0.4, 0.5) is 0 Å². The van der Waals surface area contributed by atoms with Crippen LogP contribution in [0.2, 0.25) is 0 Å². The minimum absolute atomic E-state index is 0.0448. The predicted molar refractivity (Wildman–Crippen MR) is 88.8 cm³/mol. The molecule has 5 heteroatoms. The van der Waals surface area contributed by atoms with Gasteiger partial charge in [-0.3, -0.25) is 4.79 Å². The number of nitrogens with two attached hydrogens (primary N) is 1. The van der Waals surface area contributed by atoms with Crippen molar-refractivity contribution in [3.63, 3.8) is 0 Å². The van der Waals surface area contributed by atoms with Crippen molar-refractivity contribution in [2.24, 2.45) is 5.73 Å². The molecule has 1 saturated heterocycles. The van der Waals surface area contributed by atoms with E-state index in [-0.39, 0.29) is 11.9 Å². The molecular weight excluding hydrogens is 288 g/mol. The Morgan fingerprint density at radius 2 is 2.13 bits per heavy atom. The number of amides is 1. The third-order valence-electron chi connectivity index (χ3n) is 4.99. The number of carbonyl (C=O) groups is 1. The van der Waals surface area contributed by atoms with Crippen molar-refractivity contribution in [3.8, 4) is 5.69 Å².